The number of halogens is 1. The van der Waals surface area contributed by atoms with Gasteiger partial charge in [-0.2, -0.15) is 0 Å². The molecule has 1 aliphatic carbocycles. The highest BCUT2D eigenvalue weighted by Crippen LogP contribution is 2.38. The van der Waals surface area contributed by atoms with Crippen LogP contribution in [0.5, 0.6) is 0 Å². The first-order valence-electron chi connectivity index (χ1n) is 7.31. The molecule has 1 saturated carbocycles. The first-order chi connectivity index (χ1) is 9.78. The highest BCUT2D eigenvalue weighted by Gasteiger charge is 2.19. The average Bonchev–Trinajstić information content (AvgIpc) is 2.40. The van der Waals surface area contributed by atoms with Crippen molar-refractivity contribution in [2.45, 2.75) is 31.7 Å². The molecule has 1 nitrogen and oxygen atoms in total. The Balaban J connectivity index is 1.96. The Labute approximate surface area is 119 Å². The second-order valence-corrected chi connectivity index (χ2v) is 5.60. The lowest BCUT2D eigenvalue weighted by molar-refractivity contribution is 0.420. The molecule has 0 spiro atoms. The van der Waals surface area contributed by atoms with E-state index in [0.717, 1.165) is 17.7 Å². The topological polar surface area (TPSA) is 12.0 Å². The minimum absolute atomic E-state index is 0.143. The van der Waals surface area contributed by atoms with Crippen molar-refractivity contribution >= 4 is 0 Å². The van der Waals surface area contributed by atoms with Gasteiger partial charge in [-0.1, -0.05) is 36.8 Å². The van der Waals surface area contributed by atoms with Gasteiger partial charge in [-0.25, -0.2) is 4.39 Å². The molecule has 2 heteroatoms. The fraction of sp³-hybridized carbons (Fsp3) is 0.333. The highest BCUT2D eigenvalue weighted by molar-refractivity contribution is 5.66. The van der Waals surface area contributed by atoms with Gasteiger partial charge in [-0.15, -0.1) is 0 Å². The highest BCUT2D eigenvalue weighted by atomic mass is 19.1. The van der Waals surface area contributed by atoms with Crippen molar-refractivity contribution in [1.82, 2.24) is 5.32 Å². The number of hydrogen-bond donors (Lipinski definition) is 1. The van der Waals surface area contributed by atoms with Gasteiger partial charge in [0.15, 0.2) is 0 Å². The van der Waals surface area contributed by atoms with E-state index in [-0.39, 0.29) is 5.82 Å². The van der Waals surface area contributed by atoms with Crippen molar-refractivity contribution in [1.29, 1.82) is 0 Å². The first-order valence-corrected chi connectivity index (χ1v) is 7.31. The molecule has 3 rings (SSSR count). The van der Waals surface area contributed by atoms with Crippen LogP contribution in [-0.2, 0) is 6.54 Å². The number of nitrogens with one attached hydrogen (secondary N) is 1. The van der Waals surface area contributed by atoms with Crippen molar-refractivity contribution in [3.05, 3.63) is 59.4 Å². The maximum Gasteiger partial charge on any atom is 0.131 e. The van der Waals surface area contributed by atoms with Crippen molar-refractivity contribution < 1.29 is 4.39 Å². The molecule has 2 aromatic carbocycles. The third kappa shape index (κ3) is 2.61. The zero-order valence-electron chi connectivity index (χ0n) is 11.8. The number of hydrogen-bond acceptors (Lipinski definition) is 1. The van der Waals surface area contributed by atoms with Gasteiger partial charge in [-0.3, -0.25) is 0 Å². The summed E-state index contributed by atoms with van der Waals surface area (Å²) in [5.41, 5.74) is 4.16. The number of rotatable bonds is 4. The summed E-state index contributed by atoms with van der Waals surface area (Å²) in [6, 6.07) is 13.7. The molecule has 0 aromatic heterocycles. The van der Waals surface area contributed by atoms with Crippen LogP contribution in [0.15, 0.2) is 42.5 Å². The van der Waals surface area contributed by atoms with Crippen LogP contribution in [0, 0.1) is 5.82 Å². The molecule has 0 saturated heterocycles. The van der Waals surface area contributed by atoms with E-state index in [4.69, 9.17) is 0 Å². The fourth-order valence-electron chi connectivity index (χ4n) is 2.81. The molecule has 2 aromatic rings. The SMILES string of the molecule is CNCc1ccc(F)c(-c2cccc(C3CCC3)c2)c1. The lowest BCUT2D eigenvalue weighted by atomic mass is 9.79. The molecular formula is C18H20FN. The Bertz CT molecular complexity index is 602. The van der Waals surface area contributed by atoms with Gasteiger partial charge in [0.2, 0.25) is 0 Å². The predicted molar refractivity (Wildman–Crippen MR) is 81.2 cm³/mol. The molecule has 1 aliphatic rings. The third-order valence-electron chi connectivity index (χ3n) is 4.19. The maximum absolute atomic E-state index is 14.1. The van der Waals surface area contributed by atoms with Crippen LogP contribution >= 0.6 is 0 Å². The minimum Gasteiger partial charge on any atom is -0.316 e. The Morgan fingerprint density at radius 3 is 2.70 bits per heavy atom. The van der Waals surface area contributed by atoms with E-state index in [2.05, 4.69) is 17.4 Å². The summed E-state index contributed by atoms with van der Waals surface area (Å²) in [6.07, 6.45) is 3.86. The molecule has 0 amide bonds. The van der Waals surface area contributed by atoms with E-state index in [1.54, 1.807) is 6.07 Å². The van der Waals surface area contributed by atoms with Gasteiger partial charge >= 0.3 is 0 Å². The van der Waals surface area contributed by atoms with E-state index >= 15 is 0 Å². The summed E-state index contributed by atoms with van der Waals surface area (Å²) < 4.78 is 14.1. The smallest absolute Gasteiger partial charge is 0.131 e. The van der Waals surface area contributed by atoms with Gasteiger partial charge in [0.05, 0.1) is 0 Å². The summed E-state index contributed by atoms with van der Waals surface area (Å²) in [6.45, 7) is 0.760. The van der Waals surface area contributed by atoms with Crippen LogP contribution in [0.1, 0.15) is 36.3 Å². The summed E-state index contributed by atoms with van der Waals surface area (Å²) in [7, 11) is 1.90. The van der Waals surface area contributed by atoms with Gasteiger partial charge in [0.25, 0.3) is 0 Å². The van der Waals surface area contributed by atoms with Gasteiger partial charge in [0, 0.05) is 12.1 Å². The molecule has 1 N–H and O–H groups in total. The molecule has 0 bridgehead atoms. The normalized spacial score (nSPS) is 15.1. The average molecular weight is 269 g/mol. The van der Waals surface area contributed by atoms with Crippen molar-refractivity contribution in [3.63, 3.8) is 0 Å². The standard InChI is InChI=1S/C18H20FN/c1-20-12-13-8-9-18(19)17(10-13)16-7-3-6-15(11-16)14-4-2-5-14/h3,6-11,14,20H,2,4-5,12H2,1H3. The molecule has 0 heterocycles. The van der Waals surface area contributed by atoms with Gasteiger partial charge in [-0.05, 0) is 54.6 Å². The largest absolute Gasteiger partial charge is 0.316 e. The Morgan fingerprint density at radius 2 is 2.00 bits per heavy atom. The van der Waals surface area contributed by atoms with Crippen LogP contribution < -0.4 is 5.32 Å². The quantitative estimate of drug-likeness (QED) is 0.863. The molecule has 104 valence electrons. The summed E-state index contributed by atoms with van der Waals surface area (Å²) in [5.74, 6) is 0.536. The molecule has 0 unspecified atom stereocenters. The van der Waals surface area contributed by atoms with Crippen molar-refractivity contribution in [3.8, 4) is 11.1 Å². The third-order valence-corrected chi connectivity index (χ3v) is 4.19. The van der Waals surface area contributed by atoms with E-state index in [0.29, 0.717) is 11.5 Å². The molecular weight excluding hydrogens is 249 g/mol. The maximum atomic E-state index is 14.1. The van der Waals surface area contributed by atoms with Crippen LogP contribution in [0.25, 0.3) is 11.1 Å². The van der Waals surface area contributed by atoms with Crippen LogP contribution in [0.2, 0.25) is 0 Å². The Kier molecular flexibility index (Phi) is 3.83. The van der Waals surface area contributed by atoms with Gasteiger partial charge < -0.3 is 5.32 Å². The molecule has 1 fully saturated rings. The van der Waals surface area contributed by atoms with Crippen LogP contribution in [0.4, 0.5) is 4.39 Å². The van der Waals surface area contributed by atoms with Crippen molar-refractivity contribution in [2.24, 2.45) is 0 Å². The first kappa shape index (κ1) is 13.3. The van der Waals surface area contributed by atoms with Gasteiger partial charge in [0.1, 0.15) is 5.82 Å². The second kappa shape index (κ2) is 5.76. The monoisotopic (exact) mass is 269 g/mol. The second-order valence-electron chi connectivity index (χ2n) is 5.60. The molecule has 0 atom stereocenters. The summed E-state index contributed by atoms with van der Waals surface area (Å²) >= 11 is 0. The predicted octanol–water partition coefficient (Wildman–Crippen LogP) is 4.48. The molecule has 0 aliphatic heterocycles. The van der Waals surface area contributed by atoms with E-state index in [9.17, 15) is 4.39 Å². The summed E-state index contributed by atoms with van der Waals surface area (Å²) in [5, 5.41) is 3.11. The van der Waals surface area contributed by atoms with Crippen LogP contribution in [-0.4, -0.2) is 7.05 Å². The summed E-state index contributed by atoms with van der Waals surface area (Å²) in [4.78, 5) is 0. The lowest BCUT2D eigenvalue weighted by Gasteiger charge is -2.26. The minimum atomic E-state index is -0.143. The number of benzene rings is 2. The van der Waals surface area contributed by atoms with E-state index < -0.39 is 0 Å². The lowest BCUT2D eigenvalue weighted by Crippen LogP contribution is -2.08. The van der Waals surface area contributed by atoms with E-state index in [1.165, 1.54) is 24.8 Å². The zero-order chi connectivity index (χ0) is 13.9. The van der Waals surface area contributed by atoms with Crippen LogP contribution in [0.3, 0.4) is 0 Å². The van der Waals surface area contributed by atoms with Crippen molar-refractivity contribution in [2.75, 3.05) is 7.05 Å². The Hall–Kier alpha value is -1.67. The van der Waals surface area contributed by atoms with E-state index in [1.807, 2.05) is 31.3 Å². The molecule has 20 heavy (non-hydrogen) atoms. The fourth-order valence-corrected chi connectivity index (χ4v) is 2.81. The zero-order valence-corrected chi connectivity index (χ0v) is 11.8. The molecule has 0 radical (unpaired) electrons. The Morgan fingerprint density at radius 1 is 1.15 bits per heavy atom.